The molecule has 2 heteroatoms. The van der Waals surface area contributed by atoms with Gasteiger partial charge in [0.25, 0.3) is 0 Å². The summed E-state index contributed by atoms with van der Waals surface area (Å²) in [5.74, 6) is 0. The summed E-state index contributed by atoms with van der Waals surface area (Å²) in [5, 5.41) is 0. The maximum atomic E-state index is 4.50. The number of rotatable bonds is 0. The van der Waals surface area contributed by atoms with E-state index < -0.39 is 0 Å². The molecule has 0 spiro atoms. The Morgan fingerprint density at radius 3 is 1.25 bits per heavy atom. The fourth-order valence-corrected chi connectivity index (χ4v) is 0. The summed E-state index contributed by atoms with van der Waals surface area (Å²) in [7, 11) is 4.50. The molecule has 2 radical (unpaired) electrons. The topological polar surface area (TPSA) is 0 Å². The molecule has 0 heterocycles. The van der Waals surface area contributed by atoms with Gasteiger partial charge in [0.05, 0.1) is 7.85 Å². The molecule has 0 aromatic carbocycles. The van der Waals surface area contributed by atoms with Gasteiger partial charge < -0.3 is 7.43 Å². The summed E-state index contributed by atoms with van der Waals surface area (Å²) in [6.07, 6.45) is 0. The molecule has 24 valence electrons. The molecule has 0 aliphatic rings. The summed E-state index contributed by atoms with van der Waals surface area (Å²) >= 11 is 0. The van der Waals surface area contributed by atoms with E-state index >= 15 is 0 Å². The van der Waals surface area contributed by atoms with Crippen molar-refractivity contribution < 1.29 is 21.1 Å². The number of hydrogen-bond donors (Lipinski definition) is 0. The summed E-state index contributed by atoms with van der Waals surface area (Å²) in [6.45, 7) is 1.50. The Bertz CT molecular complexity index is 6.00. The fraction of sp³-hybridized carbons (Fsp3) is 0.500. The standard InChI is InChI=1S/CH3B.CH3.W/c1-2;;/h1H3;1H3;/q;-1;. The van der Waals surface area contributed by atoms with Gasteiger partial charge in [0, 0.05) is 21.1 Å². The Labute approximate surface area is 43.6 Å². The Balaban J connectivity index is -0.00000000500. The van der Waals surface area contributed by atoms with Crippen LogP contribution in [0, 0.1) is 7.43 Å². The van der Waals surface area contributed by atoms with Crippen LogP contribution in [-0.4, -0.2) is 7.85 Å². The maximum absolute atomic E-state index is 4.50. The van der Waals surface area contributed by atoms with E-state index in [9.17, 15) is 0 Å². The molecule has 0 aromatic heterocycles. The van der Waals surface area contributed by atoms with E-state index in [1.807, 2.05) is 0 Å². The van der Waals surface area contributed by atoms with Gasteiger partial charge in [0.15, 0.2) is 0 Å². The minimum atomic E-state index is 0. The Morgan fingerprint density at radius 2 is 1.25 bits per heavy atom. The van der Waals surface area contributed by atoms with Gasteiger partial charge in [0.1, 0.15) is 0 Å². The van der Waals surface area contributed by atoms with Crippen LogP contribution in [0.1, 0.15) is 0 Å². The third kappa shape index (κ3) is 14.9. The molecular formula is C2H6BW-. The smallest absolute Gasteiger partial charge is 0.0606 e. The van der Waals surface area contributed by atoms with Crippen molar-refractivity contribution in [3.05, 3.63) is 7.43 Å². The SMILES string of the molecule is [B]C.[CH3-].[W]. The molecule has 0 saturated heterocycles. The van der Waals surface area contributed by atoms with Crippen LogP contribution in [-0.2, 0) is 21.1 Å². The van der Waals surface area contributed by atoms with Gasteiger partial charge in [-0.15, -0.1) is 0 Å². The largest absolute Gasteiger partial charge is 0.358 e. The quantitative estimate of drug-likeness (QED) is 0.419. The van der Waals surface area contributed by atoms with E-state index in [-0.39, 0.29) is 28.5 Å². The minimum absolute atomic E-state index is 0. The van der Waals surface area contributed by atoms with Crippen molar-refractivity contribution in [1.29, 1.82) is 0 Å². The average molecular weight is 225 g/mol. The van der Waals surface area contributed by atoms with Gasteiger partial charge in [-0.3, -0.25) is 0 Å². The fourth-order valence-electron chi connectivity index (χ4n) is 0. The first kappa shape index (κ1) is 21.8. The Morgan fingerprint density at radius 1 is 1.25 bits per heavy atom. The molecule has 0 rings (SSSR count). The van der Waals surface area contributed by atoms with Gasteiger partial charge in [-0.2, -0.15) is 0 Å². The summed E-state index contributed by atoms with van der Waals surface area (Å²) in [6, 6.07) is 0. The van der Waals surface area contributed by atoms with Crippen molar-refractivity contribution in [3.63, 3.8) is 0 Å². The zero-order valence-electron chi connectivity index (χ0n) is 2.99. The molecule has 4 heavy (non-hydrogen) atoms. The van der Waals surface area contributed by atoms with Gasteiger partial charge in [-0.1, -0.05) is 6.82 Å². The molecule has 0 aliphatic heterocycles. The first-order valence-electron chi connectivity index (χ1n) is 0.577. The van der Waals surface area contributed by atoms with Crippen LogP contribution in [0.4, 0.5) is 0 Å². The van der Waals surface area contributed by atoms with Crippen molar-refractivity contribution in [3.8, 4) is 0 Å². The van der Waals surface area contributed by atoms with E-state index in [1.54, 1.807) is 0 Å². The van der Waals surface area contributed by atoms with Gasteiger partial charge in [0.2, 0.25) is 0 Å². The summed E-state index contributed by atoms with van der Waals surface area (Å²) < 4.78 is 0. The van der Waals surface area contributed by atoms with Crippen LogP contribution >= 0.6 is 0 Å². The van der Waals surface area contributed by atoms with E-state index in [1.165, 1.54) is 6.82 Å². The first-order valence-corrected chi connectivity index (χ1v) is 0.577. The average Bonchev–Trinajstić information content (AvgIpc) is 1.00. The molecule has 0 bridgehead atoms. The third-order valence-electron chi connectivity index (χ3n) is 0. The van der Waals surface area contributed by atoms with Gasteiger partial charge in [-0.05, 0) is 0 Å². The summed E-state index contributed by atoms with van der Waals surface area (Å²) in [5.41, 5.74) is 0. The molecule has 0 nitrogen and oxygen atoms in total. The number of hydrogen-bond acceptors (Lipinski definition) is 0. The molecule has 0 unspecified atom stereocenters. The molecule has 0 aliphatic carbocycles. The third-order valence-corrected chi connectivity index (χ3v) is 0. The van der Waals surface area contributed by atoms with E-state index in [4.69, 9.17) is 0 Å². The molecule has 0 saturated carbocycles. The zero-order valence-corrected chi connectivity index (χ0v) is 5.92. The van der Waals surface area contributed by atoms with E-state index in [2.05, 4.69) is 7.85 Å². The summed E-state index contributed by atoms with van der Waals surface area (Å²) in [4.78, 5) is 0. The van der Waals surface area contributed by atoms with Crippen LogP contribution in [0.3, 0.4) is 0 Å². The van der Waals surface area contributed by atoms with Crippen LogP contribution in [0.2, 0.25) is 6.82 Å². The molecule has 0 atom stereocenters. The normalized spacial score (nSPS) is 1.25. The Hall–Kier alpha value is 0.753. The van der Waals surface area contributed by atoms with Gasteiger partial charge >= 0.3 is 0 Å². The van der Waals surface area contributed by atoms with Crippen LogP contribution in [0.5, 0.6) is 0 Å². The van der Waals surface area contributed by atoms with Gasteiger partial charge in [-0.25, -0.2) is 0 Å². The van der Waals surface area contributed by atoms with Crippen molar-refractivity contribution in [2.45, 2.75) is 6.82 Å². The predicted molar refractivity (Wildman–Crippen MR) is 18.0 cm³/mol. The van der Waals surface area contributed by atoms with E-state index in [0.717, 1.165) is 0 Å². The first-order chi connectivity index (χ1) is 1.00. The van der Waals surface area contributed by atoms with E-state index in [0.29, 0.717) is 0 Å². The second-order valence-electron chi connectivity index (χ2n) is 0. The Kier molecular flexibility index (Phi) is 273. The van der Waals surface area contributed by atoms with Crippen molar-refractivity contribution in [2.75, 3.05) is 0 Å². The van der Waals surface area contributed by atoms with Crippen LogP contribution < -0.4 is 0 Å². The molecule has 0 aromatic rings. The molecule has 0 amide bonds. The monoisotopic (exact) mass is 225 g/mol. The second-order valence-corrected chi connectivity index (χ2v) is 0. The second kappa shape index (κ2) is 50.1. The van der Waals surface area contributed by atoms with Crippen molar-refractivity contribution in [2.24, 2.45) is 0 Å². The molecule has 0 N–H and O–H groups in total. The predicted octanol–water partition coefficient (Wildman–Crippen LogP) is 0.651. The zero-order chi connectivity index (χ0) is 2.00. The minimum Gasteiger partial charge on any atom is -0.358 e. The van der Waals surface area contributed by atoms with Crippen LogP contribution in [0.25, 0.3) is 0 Å². The molecule has 0 fully saturated rings. The van der Waals surface area contributed by atoms with Crippen molar-refractivity contribution >= 4 is 7.85 Å². The molecular weight excluding hydrogens is 219 g/mol. The maximum Gasteiger partial charge on any atom is 0.0606 e. The van der Waals surface area contributed by atoms with Crippen molar-refractivity contribution in [1.82, 2.24) is 0 Å². The van der Waals surface area contributed by atoms with Crippen LogP contribution in [0.15, 0.2) is 0 Å².